The molecule has 3 aromatic carbocycles. The fourth-order valence-corrected chi connectivity index (χ4v) is 4.21. The molecule has 0 atom stereocenters. The third-order valence-electron chi connectivity index (χ3n) is 5.62. The standard InChI is InChI=1S/C27H29BrN4O/c1-18-9-12-20(13-10-18)32-25(17-24(31-32)27(2,3)4)30-26(33)29-23-14-11-19(15-16-28)21-7-5-6-8-22(21)23/h5-14,17H,15-16H2,1-4H3,(H2,29,30,33). The van der Waals surface area contributed by atoms with E-state index in [1.165, 1.54) is 11.1 Å². The van der Waals surface area contributed by atoms with Crippen molar-refractivity contribution in [1.29, 1.82) is 0 Å². The Labute approximate surface area is 203 Å². The SMILES string of the molecule is Cc1ccc(-n2nc(C(C)(C)C)cc2NC(=O)Nc2ccc(CCBr)c3ccccc23)cc1. The van der Waals surface area contributed by atoms with Gasteiger partial charge < -0.3 is 5.32 Å². The Morgan fingerprint density at radius 2 is 1.67 bits per heavy atom. The van der Waals surface area contributed by atoms with Gasteiger partial charge in [0.05, 0.1) is 17.1 Å². The van der Waals surface area contributed by atoms with Gasteiger partial charge in [-0.3, -0.25) is 5.32 Å². The van der Waals surface area contributed by atoms with E-state index in [2.05, 4.69) is 59.5 Å². The third-order valence-corrected chi connectivity index (χ3v) is 6.02. The van der Waals surface area contributed by atoms with Gasteiger partial charge in [-0.25, -0.2) is 9.48 Å². The van der Waals surface area contributed by atoms with Gasteiger partial charge in [-0.15, -0.1) is 0 Å². The lowest BCUT2D eigenvalue weighted by Gasteiger charge is -2.14. The zero-order valence-corrected chi connectivity index (χ0v) is 21.0. The Morgan fingerprint density at radius 3 is 2.33 bits per heavy atom. The molecule has 5 nitrogen and oxygen atoms in total. The maximum absolute atomic E-state index is 13.1. The van der Waals surface area contributed by atoms with Crippen molar-refractivity contribution >= 4 is 44.2 Å². The van der Waals surface area contributed by atoms with Gasteiger partial charge in [0.25, 0.3) is 0 Å². The average molecular weight is 505 g/mol. The second kappa shape index (κ2) is 9.40. The molecule has 0 spiro atoms. The number of halogens is 1. The normalized spacial score (nSPS) is 11.5. The van der Waals surface area contributed by atoms with Gasteiger partial charge in [0.2, 0.25) is 0 Å². The van der Waals surface area contributed by atoms with E-state index >= 15 is 0 Å². The maximum Gasteiger partial charge on any atom is 0.324 e. The van der Waals surface area contributed by atoms with Gasteiger partial charge in [0, 0.05) is 22.2 Å². The largest absolute Gasteiger partial charge is 0.324 e. The summed E-state index contributed by atoms with van der Waals surface area (Å²) < 4.78 is 1.79. The number of benzene rings is 3. The second-order valence-corrected chi connectivity index (χ2v) is 10.0. The molecular weight excluding hydrogens is 476 g/mol. The number of nitrogens with zero attached hydrogens (tertiary/aromatic N) is 2. The van der Waals surface area contributed by atoms with Crippen LogP contribution in [-0.4, -0.2) is 21.1 Å². The lowest BCUT2D eigenvalue weighted by atomic mass is 9.92. The molecule has 0 bridgehead atoms. The van der Waals surface area contributed by atoms with Crippen LogP contribution in [0.1, 0.15) is 37.6 Å². The number of aromatic nitrogens is 2. The molecule has 33 heavy (non-hydrogen) atoms. The summed E-state index contributed by atoms with van der Waals surface area (Å²) in [5.41, 5.74) is 4.85. The number of carbonyl (C=O) groups excluding carboxylic acids is 1. The van der Waals surface area contributed by atoms with E-state index in [1.807, 2.05) is 61.5 Å². The first-order chi connectivity index (χ1) is 15.8. The number of hydrogen-bond acceptors (Lipinski definition) is 2. The molecule has 0 saturated carbocycles. The van der Waals surface area contributed by atoms with Crippen molar-refractivity contribution in [1.82, 2.24) is 9.78 Å². The Balaban J connectivity index is 1.65. The molecule has 0 aliphatic heterocycles. The smallest absolute Gasteiger partial charge is 0.307 e. The molecule has 0 aliphatic carbocycles. The minimum Gasteiger partial charge on any atom is -0.307 e. The van der Waals surface area contributed by atoms with Crippen LogP contribution in [0.2, 0.25) is 0 Å². The molecule has 0 unspecified atom stereocenters. The number of urea groups is 1. The van der Waals surface area contributed by atoms with Gasteiger partial charge in [-0.2, -0.15) is 5.10 Å². The Bertz CT molecular complexity index is 1290. The van der Waals surface area contributed by atoms with Crippen LogP contribution >= 0.6 is 15.9 Å². The first-order valence-electron chi connectivity index (χ1n) is 11.1. The number of amides is 2. The fraction of sp³-hybridized carbons (Fsp3) is 0.259. The second-order valence-electron chi connectivity index (χ2n) is 9.25. The van der Waals surface area contributed by atoms with Gasteiger partial charge in [0.15, 0.2) is 0 Å². The van der Waals surface area contributed by atoms with Crippen molar-refractivity contribution in [2.24, 2.45) is 0 Å². The van der Waals surface area contributed by atoms with Crippen LogP contribution in [0.4, 0.5) is 16.3 Å². The quantitative estimate of drug-likeness (QED) is 0.282. The fourth-order valence-electron chi connectivity index (χ4n) is 3.78. The third kappa shape index (κ3) is 5.11. The summed E-state index contributed by atoms with van der Waals surface area (Å²) in [6.45, 7) is 8.38. The van der Waals surface area contributed by atoms with Crippen LogP contribution in [0.5, 0.6) is 0 Å². The highest BCUT2D eigenvalue weighted by Crippen LogP contribution is 2.29. The van der Waals surface area contributed by atoms with Crippen molar-refractivity contribution in [3.8, 4) is 5.69 Å². The van der Waals surface area contributed by atoms with Crippen LogP contribution < -0.4 is 10.6 Å². The van der Waals surface area contributed by atoms with Crippen LogP contribution in [0.3, 0.4) is 0 Å². The van der Waals surface area contributed by atoms with Crippen LogP contribution in [0, 0.1) is 6.92 Å². The monoisotopic (exact) mass is 504 g/mol. The molecular formula is C27H29BrN4O. The van der Waals surface area contributed by atoms with Gasteiger partial charge in [-0.1, -0.05) is 84.7 Å². The van der Waals surface area contributed by atoms with Crippen molar-refractivity contribution in [3.05, 3.63) is 83.6 Å². The molecule has 4 rings (SSSR count). The van der Waals surface area contributed by atoms with Crippen LogP contribution in [0.25, 0.3) is 16.5 Å². The molecule has 0 saturated heterocycles. The summed E-state index contributed by atoms with van der Waals surface area (Å²) in [4.78, 5) is 13.1. The first kappa shape index (κ1) is 23.1. The average Bonchev–Trinajstić information content (AvgIpc) is 3.20. The van der Waals surface area contributed by atoms with Crippen molar-refractivity contribution in [2.45, 2.75) is 39.5 Å². The predicted molar refractivity (Wildman–Crippen MR) is 141 cm³/mol. The number of nitrogens with one attached hydrogen (secondary N) is 2. The summed E-state index contributed by atoms with van der Waals surface area (Å²) >= 11 is 3.53. The maximum atomic E-state index is 13.1. The van der Waals surface area contributed by atoms with Gasteiger partial charge in [-0.05, 0) is 42.5 Å². The molecule has 6 heteroatoms. The van der Waals surface area contributed by atoms with Crippen LogP contribution in [0.15, 0.2) is 66.7 Å². The minimum atomic E-state index is -0.304. The number of rotatable bonds is 5. The summed E-state index contributed by atoms with van der Waals surface area (Å²) in [5, 5.41) is 13.9. The lowest BCUT2D eigenvalue weighted by Crippen LogP contribution is -2.21. The first-order valence-corrected chi connectivity index (χ1v) is 12.2. The van der Waals surface area contributed by atoms with E-state index in [0.29, 0.717) is 5.82 Å². The van der Waals surface area contributed by atoms with Crippen molar-refractivity contribution in [3.63, 3.8) is 0 Å². The Morgan fingerprint density at radius 1 is 0.970 bits per heavy atom. The predicted octanol–water partition coefficient (Wildman–Crippen LogP) is 7.21. The Kier molecular flexibility index (Phi) is 6.56. The number of fused-ring (bicyclic) bond motifs is 1. The summed E-state index contributed by atoms with van der Waals surface area (Å²) in [7, 11) is 0. The highest BCUT2D eigenvalue weighted by molar-refractivity contribution is 9.09. The number of aryl methyl sites for hydroxylation is 2. The molecule has 0 aliphatic rings. The highest BCUT2D eigenvalue weighted by Gasteiger charge is 2.21. The summed E-state index contributed by atoms with van der Waals surface area (Å²) in [6.07, 6.45) is 0.929. The molecule has 0 radical (unpaired) electrons. The number of anilines is 2. The molecule has 0 fully saturated rings. The molecule has 1 heterocycles. The molecule has 170 valence electrons. The number of alkyl halides is 1. The van der Waals surface area contributed by atoms with Gasteiger partial charge >= 0.3 is 6.03 Å². The van der Waals surface area contributed by atoms with E-state index in [4.69, 9.17) is 5.10 Å². The Hall–Kier alpha value is -3.12. The van der Waals surface area contributed by atoms with Crippen molar-refractivity contribution in [2.75, 3.05) is 16.0 Å². The van der Waals surface area contributed by atoms with E-state index in [1.54, 1.807) is 4.68 Å². The molecule has 2 amide bonds. The molecule has 1 aromatic heterocycles. The topological polar surface area (TPSA) is 59.0 Å². The number of hydrogen-bond donors (Lipinski definition) is 2. The minimum absolute atomic E-state index is 0.149. The summed E-state index contributed by atoms with van der Waals surface area (Å²) in [6, 6.07) is 21.9. The highest BCUT2D eigenvalue weighted by atomic mass is 79.9. The van der Waals surface area contributed by atoms with Gasteiger partial charge in [0.1, 0.15) is 5.82 Å². The van der Waals surface area contributed by atoms with E-state index < -0.39 is 0 Å². The van der Waals surface area contributed by atoms with E-state index in [9.17, 15) is 4.79 Å². The van der Waals surface area contributed by atoms with Crippen LogP contribution in [-0.2, 0) is 11.8 Å². The van der Waals surface area contributed by atoms with E-state index in [0.717, 1.165) is 39.6 Å². The number of carbonyl (C=O) groups is 1. The molecule has 2 N–H and O–H groups in total. The van der Waals surface area contributed by atoms with E-state index in [-0.39, 0.29) is 11.4 Å². The van der Waals surface area contributed by atoms with Crippen molar-refractivity contribution < 1.29 is 4.79 Å². The lowest BCUT2D eigenvalue weighted by molar-refractivity contribution is 0.262. The molecule has 4 aromatic rings. The summed E-state index contributed by atoms with van der Waals surface area (Å²) in [5.74, 6) is 0.626. The zero-order chi connectivity index (χ0) is 23.6. The zero-order valence-electron chi connectivity index (χ0n) is 19.4.